The Morgan fingerprint density at radius 1 is 1.23 bits per heavy atom. The molecule has 26 heavy (non-hydrogen) atoms. The van der Waals surface area contributed by atoms with Crippen LogP contribution in [-0.4, -0.2) is 36.3 Å². The van der Waals surface area contributed by atoms with Crippen LogP contribution in [0.2, 0.25) is 0 Å². The van der Waals surface area contributed by atoms with Gasteiger partial charge in [0.15, 0.2) is 0 Å². The highest BCUT2D eigenvalue weighted by Gasteiger charge is 2.40. The Morgan fingerprint density at radius 2 is 1.96 bits per heavy atom. The van der Waals surface area contributed by atoms with Crippen molar-refractivity contribution in [3.8, 4) is 0 Å². The molecule has 1 aromatic heterocycles. The number of halogens is 1. The van der Waals surface area contributed by atoms with Crippen LogP contribution in [0.1, 0.15) is 35.0 Å². The summed E-state index contributed by atoms with van der Waals surface area (Å²) in [6.45, 7) is 5.52. The molecule has 138 valence electrons. The van der Waals surface area contributed by atoms with Crippen LogP contribution < -0.4 is 5.32 Å². The molecule has 0 bridgehead atoms. The van der Waals surface area contributed by atoms with Crippen molar-refractivity contribution in [3.63, 3.8) is 0 Å². The summed E-state index contributed by atoms with van der Waals surface area (Å²) in [5.41, 5.74) is 0.887. The van der Waals surface area contributed by atoms with Gasteiger partial charge in [0.2, 0.25) is 5.91 Å². The molecule has 3 rings (SSSR count). The lowest BCUT2D eigenvalue weighted by molar-refractivity contribution is -0.125. The zero-order chi connectivity index (χ0) is 18.7. The van der Waals surface area contributed by atoms with Crippen molar-refractivity contribution in [3.05, 3.63) is 58.0 Å². The van der Waals surface area contributed by atoms with E-state index in [1.165, 1.54) is 23.5 Å². The monoisotopic (exact) mass is 374 g/mol. The van der Waals surface area contributed by atoms with Crippen LogP contribution in [-0.2, 0) is 4.79 Å². The number of thiophene rings is 1. The molecule has 2 heterocycles. The van der Waals surface area contributed by atoms with Crippen molar-refractivity contribution in [1.82, 2.24) is 10.2 Å². The summed E-state index contributed by atoms with van der Waals surface area (Å²) >= 11 is 1.40. The van der Waals surface area contributed by atoms with Gasteiger partial charge in [0.1, 0.15) is 5.82 Å². The molecule has 0 saturated carbocycles. The summed E-state index contributed by atoms with van der Waals surface area (Å²) in [5, 5.41) is 4.85. The SMILES string of the molecule is CC(C)CNC(=O)[C@H]1CN(C(=O)c2cccs2)C[C@@H]1c1ccc(F)cc1. The molecule has 0 radical (unpaired) electrons. The predicted octanol–water partition coefficient (Wildman–Crippen LogP) is 3.52. The Labute approximate surface area is 157 Å². The molecule has 1 fully saturated rings. The third-order valence-corrected chi connectivity index (χ3v) is 5.52. The standard InChI is InChI=1S/C20H23FN2O2S/c1-13(2)10-22-19(24)17-12-23(20(25)18-4-3-9-26-18)11-16(17)14-5-7-15(21)8-6-14/h3-9,13,16-17H,10-12H2,1-2H3,(H,22,24)/t16-,17+/m1/s1. The van der Waals surface area contributed by atoms with E-state index in [2.05, 4.69) is 5.32 Å². The largest absolute Gasteiger partial charge is 0.356 e. The lowest BCUT2D eigenvalue weighted by Gasteiger charge is -2.18. The second-order valence-electron chi connectivity index (χ2n) is 7.09. The van der Waals surface area contributed by atoms with E-state index in [0.29, 0.717) is 30.4 Å². The minimum Gasteiger partial charge on any atom is -0.356 e. The van der Waals surface area contributed by atoms with E-state index in [4.69, 9.17) is 0 Å². The van der Waals surface area contributed by atoms with Crippen molar-refractivity contribution < 1.29 is 14.0 Å². The normalized spacial score (nSPS) is 19.8. The fourth-order valence-corrected chi connectivity index (χ4v) is 3.97. The summed E-state index contributed by atoms with van der Waals surface area (Å²) in [7, 11) is 0. The molecule has 2 amide bonds. The number of hydrogen-bond acceptors (Lipinski definition) is 3. The number of hydrogen-bond donors (Lipinski definition) is 1. The first kappa shape index (κ1) is 18.6. The van der Waals surface area contributed by atoms with Crippen LogP contribution in [0.3, 0.4) is 0 Å². The molecule has 0 unspecified atom stereocenters. The van der Waals surface area contributed by atoms with Gasteiger partial charge in [-0.15, -0.1) is 11.3 Å². The van der Waals surface area contributed by atoms with Crippen molar-refractivity contribution in [1.29, 1.82) is 0 Å². The fourth-order valence-electron chi connectivity index (χ4n) is 3.27. The van der Waals surface area contributed by atoms with Crippen LogP contribution in [0.15, 0.2) is 41.8 Å². The lowest BCUT2D eigenvalue weighted by Crippen LogP contribution is -2.37. The van der Waals surface area contributed by atoms with Gasteiger partial charge in [0.25, 0.3) is 5.91 Å². The number of amides is 2. The first-order chi connectivity index (χ1) is 12.5. The predicted molar refractivity (Wildman–Crippen MR) is 101 cm³/mol. The highest BCUT2D eigenvalue weighted by atomic mass is 32.1. The molecule has 1 aliphatic heterocycles. The van der Waals surface area contributed by atoms with Crippen LogP contribution >= 0.6 is 11.3 Å². The van der Waals surface area contributed by atoms with E-state index in [9.17, 15) is 14.0 Å². The Balaban J connectivity index is 1.81. The molecular weight excluding hydrogens is 351 g/mol. The topological polar surface area (TPSA) is 49.4 Å². The van der Waals surface area contributed by atoms with Crippen LogP contribution in [0, 0.1) is 17.7 Å². The zero-order valence-corrected chi connectivity index (χ0v) is 15.8. The highest BCUT2D eigenvalue weighted by Crippen LogP contribution is 2.34. The smallest absolute Gasteiger partial charge is 0.263 e. The van der Waals surface area contributed by atoms with Crippen LogP contribution in [0.25, 0.3) is 0 Å². The van der Waals surface area contributed by atoms with E-state index in [1.807, 2.05) is 25.3 Å². The molecule has 1 aromatic carbocycles. The summed E-state index contributed by atoms with van der Waals surface area (Å²) in [6, 6.07) is 9.87. The van der Waals surface area contributed by atoms with Gasteiger partial charge in [0, 0.05) is 25.6 Å². The fraction of sp³-hybridized carbons (Fsp3) is 0.400. The Hall–Kier alpha value is -2.21. The zero-order valence-electron chi connectivity index (χ0n) is 14.9. The maximum atomic E-state index is 13.3. The Bertz CT molecular complexity index is 759. The second kappa shape index (κ2) is 7.99. The van der Waals surface area contributed by atoms with Gasteiger partial charge in [-0.1, -0.05) is 32.0 Å². The molecule has 1 aliphatic rings. The average Bonchev–Trinajstić information content (AvgIpc) is 3.29. The number of carbonyl (C=O) groups is 2. The summed E-state index contributed by atoms with van der Waals surface area (Å²) in [5.74, 6) is -0.511. The third kappa shape index (κ3) is 4.12. The van der Waals surface area contributed by atoms with E-state index >= 15 is 0 Å². The quantitative estimate of drug-likeness (QED) is 0.871. The van der Waals surface area contributed by atoms with Gasteiger partial charge >= 0.3 is 0 Å². The molecule has 2 aromatic rings. The van der Waals surface area contributed by atoms with Gasteiger partial charge in [0.05, 0.1) is 10.8 Å². The van der Waals surface area contributed by atoms with Gasteiger partial charge in [-0.25, -0.2) is 4.39 Å². The van der Waals surface area contributed by atoms with Crippen molar-refractivity contribution in [2.24, 2.45) is 11.8 Å². The number of carbonyl (C=O) groups excluding carboxylic acids is 2. The van der Waals surface area contributed by atoms with Gasteiger partial charge < -0.3 is 10.2 Å². The number of benzene rings is 1. The lowest BCUT2D eigenvalue weighted by atomic mass is 9.88. The minimum absolute atomic E-state index is 0.0468. The maximum Gasteiger partial charge on any atom is 0.263 e. The maximum absolute atomic E-state index is 13.3. The van der Waals surface area contributed by atoms with Crippen molar-refractivity contribution in [2.75, 3.05) is 19.6 Å². The number of likely N-dealkylation sites (tertiary alicyclic amines) is 1. The summed E-state index contributed by atoms with van der Waals surface area (Å²) in [6.07, 6.45) is 0. The van der Waals surface area contributed by atoms with Gasteiger partial charge in [-0.3, -0.25) is 9.59 Å². The first-order valence-corrected chi connectivity index (χ1v) is 9.69. The van der Waals surface area contributed by atoms with Gasteiger partial charge in [-0.2, -0.15) is 0 Å². The summed E-state index contributed by atoms with van der Waals surface area (Å²) in [4.78, 5) is 27.9. The molecule has 0 aliphatic carbocycles. The summed E-state index contributed by atoms with van der Waals surface area (Å²) < 4.78 is 13.3. The Kier molecular flexibility index (Phi) is 5.71. The molecule has 1 saturated heterocycles. The molecule has 2 atom stereocenters. The first-order valence-electron chi connectivity index (χ1n) is 8.81. The van der Waals surface area contributed by atoms with E-state index in [0.717, 1.165) is 5.56 Å². The average molecular weight is 374 g/mol. The van der Waals surface area contributed by atoms with Crippen LogP contribution in [0.4, 0.5) is 4.39 Å². The number of nitrogens with one attached hydrogen (secondary N) is 1. The van der Waals surface area contributed by atoms with Crippen molar-refractivity contribution >= 4 is 23.2 Å². The van der Waals surface area contributed by atoms with Gasteiger partial charge in [-0.05, 0) is 35.1 Å². The van der Waals surface area contributed by atoms with E-state index < -0.39 is 0 Å². The van der Waals surface area contributed by atoms with Crippen molar-refractivity contribution in [2.45, 2.75) is 19.8 Å². The highest BCUT2D eigenvalue weighted by molar-refractivity contribution is 7.12. The minimum atomic E-state index is -0.330. The molecule has 0 spiro atoms. The molecule has 4 nitrogen and oxygen atoms in total. The van der Waals surface area contributed by atoms with Crippen LogP contribution in [0.5, 0.6) is 0 Å². The van der Waals surface area contributed by atoms with E-state index in [-0.39, 0.29) is 29.5 Å². The number of nitrogens with zero attached hydrogens (tertiary/aromatic N) is 1. The van der Waals surface area contributed by atoms with E-state index in [1.54, 1.807) is 23.1 Å². The Morgan fingerprint density at radius 3 is 2.58 bits per heavy atom. The molecule has 1 N–H and O–H groups in total. The number of rotatable bonds is 5. The third-order valence-electron chi connectivity index (χ3n) is 4.66. The second-order valence-corrected chi connectivity index (χ2v) is 8.04. The molecular formula is C20H23FN2O2S. The molecule has 6 heteroatoms.